The molecule has 1 aromatic heterocycles. The van der Waals surface area contributed by atoms with Gasteiger partial charge in [-0.15, -0.1) is 0 Å². The largest absolute Gasteiger partial charge is 0.497 e. The quantitative estimate of drug-likeness (QED) is 0.351. The number of carbonyl (C=O) groups is 2. The molecule has 1 fully saturated rings. The second-order valence-electron chi connectivity index (χ2n) is 8.70. The molecule has 190 valence electrons. The second kappa shape index (κ2) is 12.0. The van der Waals surface area contributed by atoms with Crippen LogP contribution in [0.5, 0.6) is 5.75 Å². The van der Waals surface area contributed by atoms with Crippen LogP contribution in [0.4, 0.5) is 4.39 Å². The van der Waals surface area contributed by atoms with Gasteiger partial charge in [0.05, 0.1) is 7.11 Å². The number of nitrogens with one attached hydrogen (secondary N) is 1. The molecule has 4 rings (SSSR count). The normalized spacial score (nSPS) is 14.8. The summed E-state index contributed by atoms with van der Waals surface area (Å²) in [7, 11) is 1.56. The van der Waals surface area contributed by atoms with Crippen LogP contribution >= 0.6 is 34.7 Å². The number of benzene rings is 2. The number of rotatable bonds is 8. The van der Waals surface area contributed by atoms with Crippen molar-refractivity contribution in [2.75, 3.05) is 7.11 Å². The number of methoxy groups -OCH3 is 1. The Balaban J connectivity index is 1.76. The lowest BCUT2D eigenvalue weighted by Gasteiger charge is -2.33. The first-order valence-electron chi connectivity index (χ1n) is 11.7. The van der Waals surface area contributed by atoms with E-state index >= 15 is 0 Å². The molecule has 1 heterocycles. The molecule has 6 nitrogen and oxygen atoms in total. The van der Waals surface area contributed by atoms with Gasteiger partial charge in [-0.3, -0.25) is 9.59 Å². The van der Waals surface area contributed by atoms with Crippen LogP contribution in [0.3, 0.4) is 0 Å². The first kappa shape index (κ1) is 26.4. The molecule has 10 heteroatoms. The summed E-state index contributed by atoms with van der Waals surface area (Å²) in [5.74, 6) is -0.629. The number of ether oxygens (including phenoxy) is 1. The Hall–Kier alpha value is -2.68. The van der Waals surface area contributed by atoms with E-state index < -0.39 is 17.8 Å². The Labute approximate surface area is 223 Å². The number of nitrogens with zero attached hydrogens (tertiary/aromatic N) is 2. The van der Waals surface area contributed by atoms with Crippen LogP contribution in [0.1, 0.15) is 59.8 Å². The highest BCUT2D eigenvalue weighted by molar-refractivity contribution is 7.11. The molecular weight excluding hydrogens is 524 g/mol. The van der Waals surface area contributed by atoms with Gasteiger partial charge >= 0.3 is 0 Å². The minimum Gasteiger partial charge on any atom is -0.497 e. The van der Waals surface area contributed by atoms with E-state index in [-0.39, 0.29) is 33.5 Å². The third kappa shape index (κ3) is 6.17. The van der Waals surface area contributed by atoms with E-state index in [2.05, 4.69) is 9.69 Å². The average Bonchev–Trinajstić information content (AvgIpc) is 3.23. The fraction of sp³-hybridized carbons (Fsp3) is 0.346. The summed E-state index contributed by atoms with van der Waals surface area (Å²) in [5.41, 5.74) is 1.21. The lowest BCUT2D eigenvalue weighted by atomic mass is 9.94. The Morgan fingerprint density at radius 3 is 2.36 bits per heavy atom. The monoisotopic (exact) mass is 549 g/mol. The first-order valence-corrected chi connectivity index (χ1v) is 13.2. The topological polar surface area (TPSA) is 71.5 Å². The standard InChI is InChI=1S/C26H26Cl2FN3O3S/c1-35-20-13-9-17(10-14-20)23(25(33)30-19-5-3-2-4-6-19)32(15-16-7-11-18(29)12-8-16)26(34)22-21(27)24(28)36-31-22/h7-14,19,23H,2-6,15H2,1H3,(H,30,33). The molecule has 2 aromatic carbocycles. The Morgan fingerprint density at radius 2 is 1.78 bits per heavy atom. The van der Waals surface area contributed by atoms with Crippen LogP contribution < -0.4 is 10.1 Å². The fourth-order valence-corrected chi connectivity index (χ4v) is 5.37. The summed E-state index contributed by atoms with van der Waals surface area (Å²) >= 11 is 13.3. The number of hydrogen-bond donors (Lipinski definition) is 1. The van der Waals surface area contributed by atoms with E-state index in [0.717, 1.165) is 43.6 Å². The maximum absolute atomic E-state index is 13.8. The molecule has 36 heavy (non-hydrogen) atoms. The third-order valence-corrected chi connectivity index (χ3v) is 7.88. The van der Waals surface area contributed by atoms with Crippen LogP contribution in [0.15, 0.2) is 48.5 Å². The highest BCUT2D eigenvalue weighted by Gasteiger charge is 2.35. The highest BCUT2D eigenvalue weighted by Crippen LogP contribution is 2.34. The highest BCUT2D eigenvalue weighted by atomic mass is 35.5. The van der Waals surface area contributed by atoms with E-state index in [1.165, 1.54) is 17.0 Å². The molecule has 1 N–H and O–H groups in total. The van der Waals surface area contributed by atoms with Crippen LogP contribution in [0.2, 0.25) is 9.36 Å². The van der Waals surface area contributed by atoms with Gasteiger partial charge in [0.2, 0.25) is 5.91 Å². The molecule has 3 aromatic rings. The van der Waals surface area contributed by atoms with Gasteiger partial charge in [-0.25, -0.2) is 4.39 Å². The van der Waals surface area contributed by atoms with Gasteiger partial charge < -0.3 is 15.0 Å². The van der Waals surface area contributed by atoms with Crippen molar-refractivity contribution in [1.29, 1.82) is 0 Å². The van der Waals surface area contributed by atoms with E-state index in [4.69, 9.17) is 27.9 Å². The summed E-state index contributed by atoms with van der Waals surface area (Å²) in [4.78, 5) is 29.0. The van der Waals surface area contributed by atoms with Crippen LogP contribution in [-0.4, -0.2) is 34.2 Å². The maximum atomic E-state index is 13.8. The molecular formula is C26H26Cl2FN3O3S. The zero-order valence-electron chi connectivity index (χ0n) is 19.7. The van der Waals surface area contributed by atoms with Crippen LogP contribution in [-0.2, 0) is 11.3 Å². The molecule has 1 saturated carbocycles. The lowest BCUT2D eigenvalue weighted by molar-refractivity contribution is -0.127. The summed E-state index contributed by atoms with van der Waals surface area (Å²) in [6.45, 7) is 0.0272. The number of halogens is 3. The molecule has 2 amide bonds. The molecule has 0 saturated heterocycles. The van der Waals surface area contributed by atoms with Crippen LogP contribution in [0.25, 0.3) is 0 Å². The van der Waals surface area contributed by atoms with E-state index in [0.29, 0.717) is 16.9 Å². The van der Waals surface area contributed by atoms with E-state index in [9.17, 15) is 14.0 Å². The first-order chi connectivity index (χ1) is 17.4. The molecule has 0 radical (unpaired) electrons. The zero-order valence-corrected chi connectivity index (χ0v) is 22.0. The Bertz CT molecular complexity index is 1200. The van der Waals surface area contributed by atoms with Crippen molar-refractivity contribution in [2.45, 2.75) is 50.7 Å². The molecule has 1 aliphatic carbocycles. The van der Waals surface area contributed by atoms with Crippen molar-refractivity contribution in [2.24, 2.45) is 0 Å². The fourth-order valence-electron chi connectivity index (χ4n) is 4.38. The number of hydrogen-bond acceptors (Lipinski definition) is 5. The third-order valence-electron chi connectivity index (χ3n) is 6.27. The minimum absolute atomic E-state index is 0.0272. The molecule has 0 bridgehead atoms. The van der Waals surface area contributed by atoms with Gasteiger partial charge in [0.15, 0.2) is 5.69 Å². The number of carbonyl (C=O) groups excluding carboxylic acids is 2. The zero-order chi connectivity index (χ0) is 25.7. The summed E-state index contributed by atoms with van der Waals surface area (Å²) in [5, 5.41) is 3.19. The van der Waals surface area contributed by atoms with Crippen molar-refractivity contribution in [3.05, 3.63) is 80.5 Å². The number of amides is 2. The molecule has 1 aliphatic rings. The van der Waals surface area contributed by atoms with Crippen molar-refractivity contribution < 1.29 is 18.7 Å². The maximum Gasteiger partial charge on any atom is 0.276 e. The van der Waals surface area contributed by atoms with Gasteiger partial charge in [-0.2, -0.15) is 4.37 Å². The van der Waals surface area contributed by atoms with Gasteiger partial charge in [0, 0.05) is 12.6 Å². The van der Waals surface area contributed by atoms with Gasteiger partial charge in [-0.1, -0.05) is 66.7 Å². The summed E-state index contributed by atoms with van der Waals surface area (Å²) in [6, 6.07) is 11.8. The summed E-state index contributed by atoms with van der Waals surface area (Å²) < 4.78 is 23.2. The van der Waals surface area contributed by atoms with Gasteiger partial charge in [-0.05, 0) is 59.8 Å². The number of aromatic nitrogens is 1. The van der Waals surface area contributed by atoms with Crippen molar-refractivity contribution in [3.8, 4) is 5.75 Å². The van der Waals surface area contributed by atoms with Gasteiger partial charge in [0.25, 0.3) is 5.91 Å². The second-order valence-corrected chi connectivity index (χ2v) is 10.5. The Kier molecular flexibility index (Phi) is 8.82. The Morgan fingerprint density at radius 1 is 1.11 bits per heavy atom. The van der Waals surface area contributed by atoms with Crippen molar-refractivity contribution >= 4 is 46.5 Å². The predicted octanol–water partition coefficient (Wildman–Crippen LogP) is 6.43. The average molecular weight is 550 g/mol. The summed E-state index contributed by atoms with van der Waals surface area (Å²) in [6.07, 6.45) is 5.01. The van der Waals surface area contributed by atoms with E-state index in [1.54, 1.807) is 43.5 Å². The predicted molar refractivity (Wildman–Crippen MR) is 139 cm³/mol. The van der Waals surface area contributed by atoms with Crippen molar-refractivity contribution in [1.82, 2.24) is 14.6 Å². The molecule has 1 atom stereocenters. The SMILES string of the molecule is COc1ccc(C(C(=O)NC2CCCCC2)N(Cc2ccc(F)cc2)C(=O)c2nsc(Cl)c2Cl)cc1. The minimum atomic E-state index is -0.994. The van der Waals surface area contributed by atoms with Gasteiger partial charge in [0.1, 0.15) is 27.0 Å². The molecule has 0 aliphatic heterocycles. The lowest BCUT2D eigenvalue weighted by Crippen LogP contribution is -2.47. The van der Waals surface area contributed by atoms with Crippen LogP contribution in [0, 0.1) is 5.82 Å². The van der Waals surface area contributed by atoms with Crippen molar-refractivity contribution in [3.63, 3.8) is 0 Å². The molecule has 1 unspecified atom stereocenters. The van der Waals surface area contributed by atoms with E-state index in [1.807, 2.05) is 0 Å². The smallest absolute Gasteiger partial charge is 0.276 e. The molecule has 0 spiro atoms.